The van der Waals surface area contributed by atoms with Crippen molar-refractivity contribution in [2.45, 2.75) is 45.6 Å². The Morgan fingerprint density at radius 3 is 2.52 bits per heavy atom. The number of benzene rings is 1. The summed E-state index contributed by atoms with van der Waals surface area (Å²) >= 11 is 0. The lowest BCUT2D eigenvalue weighted by atomic mass is 9.92. The second-order valence-electron chi connectivity index (χ2n) is 8.02. The third kappa shape index (κ3) is 4.20. The minimum absolute atomic E-state index is 0.0159. The Balaban J connectivity index is 1.55. The number of ether oxygens (including phenoxy) is 2. The van der Waals surface area contributed by atoms with Gasteiger partial charge in [-0.15, -0.1) is 0 Å². The fourth-order valence-electron chi connectivity index (χ4n) is 3.94. The van der Waals surface area contributed by atoms with E-state index in [1.165, 1.54) is 0 Å². The number of rotatable bonds is 6. The van der Waals surface area contributed by atoms with Gasteiger partial charge in [0.15, 0.2) is 0 Å². The van der Waals surface area contributed by atoms with Crippen molar-refractivity contribution in [2.75, 3.05) is 27.3 Å². The van der Waals surface area contributed by atoms with Gasteiger partial charge in [-0.05, 0) is 42.9 Å². The molecule has 1 aromatic rings. The van der Waals surface area contributed by atoms with Crippen LogP contribution in [0.25, 0.3) is 0 Å². The van der Waals surface area contributed by atoms with Crippen LogP contribution in [-0.2, 0) is 16.0 Å². The molecule has 2 fully saturated rings. The summed E-state index contributed by atoms with van der Waals surface area (Å²) in [5, 5.41) is 3.15. The summed E-state index contributed by atoms with van der Waals surface area (Å²) in [6.45, 7) is 5.33. The van der Waals surface area contributed by atoms with Gasteiger partial charge in [0.2, 0.25) is 11.8 Å². The molecule has 1 spiro atoms. The first-order chi connectivity index (χ1) is 12.9. The molecule has 0 aromatic heterocycles. The summed E-state index contributed by atoms with van der Waals surface area (Å²) in [5.74, 6) is 1.68. The zero-order valence-electron chi connectivity index (χ0n) is 16.7. The Labute approximate surface area is 161 Å². The second-order valence-corrected chi connectivity index (χ2v) is 8.02. The van der Waals surface area contributed by atoms with E-state index >= 15 is 0 Å². The number of nitrogens with one attached hydrogen (secondary N) is 1. The van der Waals surface area contributed by atoms with Crippen molar-refractivity contribution in [2.24, 2.45) is 11.3 Å². The van der Waals surface area contributed by atoms with Crippen LogP contribution in [0.1, 0.15) is 38.7 Å². The van der Waals surface area contributed by atoms with Crippen LogP contribution in [0.15, 0.2) is 18.2 Å². The minimum Gasteiger partial charge on any atom is -0.497 e. The molecule has 1 aromatic carbocycles. The molecule has 6 heteroatoms. The minimum atomic E-state index is 0.0159. The molecule has 1 aliphatic heterocycles. The summed E-state index contributed by atoms with van der Waals surface area (Å²) in [5.41, 5.74) is 1.05. The van der Waals surface area contributed by atoms with Gasteiger partial charge in [0.25, 0.3) is 0 Å². The molecule has 1 saturated carbocycles. The lowest BCUT2D eigenvalue weighted by molar-refractivity contribution is -0.132. The molecule has 1 saturated heterocycles. The molecule has 1 N–H and O–H groups in total. The Kier molecular flexibility index (Phi) is 5.63. The Morgan fingerprint density at radius 1 is 1.22 bits per heavy atom. The summed E-state index contributed by atoms with van der Waals surface area (Å²) in [6, 6.07) is 5.80. The van der Waals surface area contributed by atoms with Gasteiger partial charge in [-0.1, -0.05) is 13.8 Å². The molecule has 6 nitrogen and oxygen atoms in total. The van der Waals surface area contributed by atoms with Crippen LogP contribution < -0.4 is 14.8 Å². The van der Waals surface area contributed by atoms with E-state index in [-0.39, 0.29) is 29.2 Å². The van der Waals surface area contributed by atoms with E-state index in [1.807, 2.05) is 36.9 Å². The Morgan fingerprint density at radius 2 is 1.93 bits per heavy atom. The van der Waals surface area contributed by atoms with Crippen LogP contribution in [0, 0.1) is 11.3 Å². The van der Waals surface area contributed by atoms with Gasteiger partial charge in [-0.2, -0.15) is 0 Å². The molecular weight excluding hydrogens is 344 g/mol. The zero-order chi connectivity index (χ0) is 19.6. The average molecular weight is 374 g/mol. The quantitative estimate of drug-likeness (QED) is 0.830. The van der Waals surface area contributed by atoms with Crippen LogP contribution >= 0.6 is 0 Å². The van der Waals surface area contributed by atoms with Crippen molar-refractivity contribution in [3.63, 3.8) is 0 Å². The fraction of sp³-hybridized carbons (Fsp3) is 0.619. The van der Waals surface area contributed by atoms with E-state index in [2.05, 4.69) is 5.32 Å². The van der Waals surface area contributed by atoms with E-state index < -0.39 is 0 Å². The second kappa shape index (κ2) is 7.79. The molecule has 1 unspecified atom stereocenters. The third-order valence-corrected chi connectivity index (χ3v) is 5.97. The predicted octanol–water partition coefficient (Wildman–Crippen LogP) is 2.40. The number of amides is 2. The van der Waals surface area contributed by atoms with Crippen LogP contribution in [0.4, 0.5) is 0 Å². The predicted molar refractivity (Wildman–Crippen MR) is 103 cm³/mol. The van der Waals surface area contributed by atoms with Crippen LogP contribution in [-0.4, -0.2) is 50.1 Å². The zero-order valence-corrected chi connectivity index (χ0v) is 16.7. The van der Waals surface area contributed by atoms with E-state index in [0.29, 0.717) is 12.2 Å². The molecule has 3 rings (SSSR count). The molecule has 0 bridgehead atoms. The first-order valence-corrected chi connectivity index (χ1v) is 9.67. The highest BCUT2D eigenvalue weighted by Gasteiger charge is 2.55. The van der Waals surface area contributed by atoms with Crippen LogP contribution in [0.3, 0.4) is 0 Å². The monoisotopic (exact) mass is 374 g/mol. The van der Waals surface area contributed by atoms with Crippen molar-refractivity contribution >= 4 is 11.8 Å². The fourth-order valence-corrected chi connectivity index (χ4v) is 3.94. The standard InChI is InChI=1S/C21H30N2O4/c1-14(2)20(25)22-18-13-21(18)7-9-23(10-8-21)19(24)12-15-11-16(26-3)5-6-17(15)27-4/h5-6,11,14,18H,7-10,12-13H2,1-4H3,(H,22,25). The molecule has 1 atom stereocenters. The van der Waals surface area contributed by atoms with Crippen molar-refractivity contribution in [1.29, 1.82) is 0 Å². The first-order valence-electron chi connectivity index (χ1n) is 9.67. The van der Waals surface area contributed by atoms with E-state index in [9.17, 15) is 9.59 Å². The lowest BCUT2D eigenvalue weighted by Gasteiger charge is -2.33. The van der Waals surface area contributed by atoms with Gasteiger partial charge in [0, 0.05) is 30.6 Å². The maximum absolute atomic E-state index is 12.8. The average Bonchev–Trinajstić information content (AvgIpc) is 3.32. The number of hydrogen-bond acceptors (Lipinski definition) is 4. The highest BCUT2D eigenvalue weighted by Crippen LogP contribution is 2.54. The third-order valence-electron chi connectivity index (χ3n) is 5.97. The molecule has 2 aliphatic rings. The lowest BCUT2D eigenvalue weighted by Crippen LogP contribution is -2.42. The van der Waals surface area contributed by atoms with Crippen molar-refractivity contribution in [1.82, 2.24) is 10.2 Å². The highest BCUT2D eigenvalue weighted by molar-refractivity contribution is 5.80. The molecule has 1 aliphatic carbocycles. The number of likely N-dealkylation sites (tertiary alicyclic amines) is 1. The highest BCUT2D eigenvalue weighted by atomic mass is 16.5. The Hall–Kier alpha value is -2.24. The number of nitrogens with zero attached hydrogens (tertiary/aromatic N) is 1. The van der Waals surface area contributed by atoms with E-state index in [4.69, 9.17) is 9.47 Å². The van der Waals surface area contributed by atoms with Gasteiger partial charge >= 0.3 is 0 Å². The Bertz CT molecular complexity index is 708. The summed E-state index contributed by atoms with van der Waals surface area (Å²) in [7, 11) is 3.22. The maximum Gasteiger partial charge on any atom is 0.227 e. The van der Waals surface area contributed by atoms with Crippen LogP contribution in [0.2, 0.25) is 0 Å². The largest absolute Gasteiger partial charge is 0.497 e. The van der Waals surface area contributed by atoms with Crippen LogP contribution in [0.5, 0.6) is 11.5 Å². The summed E-state index contributed by atoms with van der Waals surface area (Å²) in [6.07, 6.45) is 3.26. The van der Waals surface area contributed by atoms with Gasteiger partial charge in [0.1, 0.15) is 11.5 Å². The number of methoxy groups -OCH3 is 2. The normalized spacial score (nSPS) is 20.5. The number of carbonyl (C=O) groups excluding carboxylic acids is 2. The first kappa shape index (κ1) is 19.5. The van der Waals surface area contributed by atoms with Gasteiger partial charge < -0.3 is 19.7 Å². The van der Waals surface area contributed by atoms with Gasteiger partial charge in [0.05, 0.1) is 20.6 Å². The molecule has 2 amide bonds. The molecule has 1 heterocycles. The van der Waals surface area contributed by atoms with Crippen molar-refractivity contribution in [3.05, 3.63) is 23.8 Å². The van der Waals surface area contributed by atoms with Gasteiger partial charge in [-0.25, -0.2) is 0 Å². The maximum atomic E-state index is 12.8. The number of hydrogen-bond donors (Lipinski definition) is 1. The number of carbonyl (C=O) groups is 2. The summed E-state index contributed by atoms with van der Waals surface area (Å²) in [4.78, 5) is 26.6. The smallest absolute Gasteiger partial charge is 0.227 e. The topological polar surface area (TPSA) is 67.9 Å². The summed E-state index contributed by atoms with van der Waals surface area (Å²) < 4.78 is 10.6. The molecule has 0 radical (unpaired) electrons. The van der Waals surface area contributed by atoms with E-state index in [0.717, 1.165) is 43.7 Å². The van der Waals surface area contributed by atoms with Crippen molar-refractivity contribution < 1.29 is 19.1 Å². The van der Waals surface area contributed by atoms with Gasteiger partial charge in [-0.3, -0.25) is 9.59 Å². The molecular formula is C21H30N2O4. The van der Waals surface area contributed by atoms with E-state index in [1.54, 1.807) is 14.2 Å². The number of piperidine rings is 1. The molecule has 27 heavy (non-hydrogen) atoms. The van der Waals surface area contributed by atoms with Crippen molar-refractivity contribution in [3.8, 4) is 11.5 Å². The molecule has 148 valence electrons. The SMILES string of the molecule is COc1ccc(OC)c(CC(=O)N2CCC3(CC2)CC3NC(=O)C(C)C)c1.